The lowest BCUT2D eigenvalue weighted by Gasteiger charge is -2.11. The van der Waals surface area contributed by atoms with Crippen molar-refractivity contribution in [1.29, 1.82) is 0 Å². The summed E-state index contributed by atoms with van der Waals surface area (Å²) >= 11 is 2.69. The number of halogens is 6. The van der Waals surface area contributed by atoms with Crippen LogP contribution in [0.2, 0.25) is 0 Å². The monoisotopic (exact) mass is 710 g/mol. The van der Waals surface area contributed by atoms with Gasteiger partial charge < -0.3 is 9.47 Å². The highest BCUT2D eigenvalue weighted by Gasteiger charge is 2.41. The summed E-state index contributed by atoms with van der Waals surface area (Å²) in [7, 11) is 0. The van der Waals surface area contributed by atoms with Gasteiger partial charge in [0, 0.05) is 19.5 Å². The summed E-state index contributed by atoms with van der Waals surface area (Å²) in [6.07, 6.45) is -9.76. The second-order valence-electron chi connectivity index (χ2n) is 9.40. The van der Waals surface area contributed by atoms with Gasteiger partial charge in [0.2, 0.25) is 0 Å². The van der Waals surface area contributed by atoms with Gasteiger partial charge in [0.05, 0.1) is 21.2 Å². The van der Waals surface area contributed by atoms with Gasteiger partial charge in [-0.05, 0) is 83.9 Å². The summed E-state index contributed by atoms with van der Waals surface area (Å²) < 4.78 is 91.6. The molecule has 240 valence electrons. The van der Waals surface area contributed by atoms with E-state index < -0.39 is 45.4 Å². The maximum absolute atomic E-state index is 12.6. The van der Waals surface area contributed by atoms with Crippen molar-refractivity contribution in [3.05, 3.63) is 93.0 Å². The van der Waals surface area contributed by atoms with Crippen molar-refractivity contribution in [2.45, 2.75) is 12.7 Å². The van der Waals surface area contributed by atoms with Crippen molar-refractivity contribution in [2.24, 2.45) is 8.73 Å². The largest absolute Gasteiger partial charge is 0.573 e. The average molecular weight is 711 g/mol. The van der Waals surface area contributed by atoms with Gasteiger partial charge in [0.15, 0.2) is 0 Å². The van der Waals surface area contributed by atoms with Gasteiger partial charge in [-0.15, -0.1) is 49.0 Å². The van der Waals surface area contributed by atoms with Gasteiger partial charge in [0.1, 0.15) is 34.0 Å². The molecule has 0 atom stereocenters. The number of nitro groups is 2. The molecule has 5 aromatic rings. The number of alkyl halides is 6. The normalized spacial score (nSPS) is 12.5. The molecule has 3 aromatic carbocycles. The Morgan fingerprint density at radius 3 is 1.21 bits per heavy atom. The van der Waals surface area contributed by atoms with Crippen molar-refractivity contribution >= 4 is 56.8 Å². The van der Waals surface area contributed by atoms with Gasteiger partial charge in [0.25, 0.3) is 0 Å². The third kappa shape index (κ3) is 6.58. The molecule has 6 rings (SSSR count). The Bertz CT molecular complexity index is 1970. The number of benzene rings is 3. The molecule has 47 heavy (non-hydrogen) atoms. The van der Waals surface area contributed by atoms with E-state index in [2.05, 4.69) is 18.2 Å². The van der Waals surface area contributed by atoms with E-state index >= 15 is 0 Å². The number of rotatable bonds is 8. The number of fused-ring (bicyclic) bond motifs is 1. The van der Waals surface area contributed by atoms with Crippen molar-refractivity contribution in [1.82, 2.24) is 0 Å². The van der Waals surface area contributed by atoms with Gasteiger partial charge >= 0.3 is 24.1 Å². The van der Waals surface area contributed by atoms with Crippen LogP contribution in [0.25, 0.3) is 41.8 Å². The zero-order valence-corrected chi connectivity index (χ0v) is 25.1. The van der Waals surface area contributed by atoms with Gasteiger partial charge in [-0.2, -0.15) is 8.73 Å². The highest BCUT2D eigenvalue weighted by atomic mass is 32.1. The second kappa shape index (κ2) is 11.9. The fourth-order valence-corrected chi connectivity index (χ4v) is 7.37. The fraction of sp³-hybridized carbons (Fsp3) is 0.0714. The van der Waals surface area contributed by atoms with E-state index in [1.54, 1.807) is 12.1 Å². The van der Waals surface area contributed by atoms with E-state index in [0.29, 0.717) is 32.2 Å². The number of thiophene rings is 2. The van der Waals surface area contributed by atoms with Gasteiger partial charge in [-0.3, -0.25) is 20.2 Å². The summed E-state index contributed by atoms with van der Waals surface area (Å²) in [4.78, 5) is 24.7. The number of nitrogens with zero attached hydrogens (tertiary/aromatic N) is 4. The molecule has 1 aliphatic heterocycles. The van der Waals surface area contributed by atoms with Gasteiger partial charge in [-0.25, -0.2) is 0 Å². The highest BCUT2D eigenvalue weighted by Crippen LogP contribution is 2.59. The molecule has 0 aliphatic carbocycles. The van der Waals surface area contributed by atoms with Crippen LogP contribution in [0.5, 0.6) is 11.5 Å². The molecule has 0 saturated heterocycles. The molecule has 1 aliphatic rings. The summed E-state index contributed by atoms with van der Waals surface area (Å²) in [6.45, 7) is 0. The van der Waals surface area contributed by atoms with Crippen molar-refractivity contribution in [2.75, 3.05) is 0 Å². The van der Waals surface area contributed by atoms with E-state index in [9.17, 15) is 46.6 Å². The molecular weight excluding hydrogens is 699 g/mol. The summed E-state index contributed by atoms with van der Waals surface area (Å²) in [5.74, 6) is -0.890. The molecule has 2 aromatic heterocycles. The van der Waals surface area contributed by atoms with Gasteiger partial charge in [-0.1, -0.05) is 0 Å². The lowest BCUT2D eigenvalue weighted by molar-refractivity contribution is -0.421. The van der Waals surface area contributed by atoms with Crippen LogP contribution in [0.15, 0.2) is 81.5 Å². The van der Waals surface area contributed by atoms with E-state index in [4.69, 9.17) is 0 Å². The number of hydrogen-bond donors (Lipinski definition) is 0. The van der Waals surface area contributed by atoms with E-state index in [0.717, 1.165) is 46.9 Å². The summed E-state index contributed by atoms with van der Waals surface area (Å²) in [6, 6.07) is 16.0. The topological polar surface area (TPSA) is 129 Å². The number of ether oxygens (including phenoxy) is 2. The van der Waals surface area contributed by atoms with E-state index in [-0.39, 0.29) is 32.3 Å². The van der Waals surface area contributed by atoms with Crippen LogP contribution in [0.4, 0.5) is 49.1 Å². The number of hydrogen-bond acceptors (Lipinski definition) is 10. The minimum absolute atomic E-state index is 0.0215. The van der Waals surface area contributed by atoms with Crippen LogP contribution in [-0.4, -0.2) is 22.6 Å². The average Bonchev–Trinajstić information content (AvgIpc) is 3.76. The minimum Gasteiger partial charge on any atom is -0.406 e. The predicted molar refractivity (Wildman–Crippen MR) is 162 cm³/mol. The lowest BCUT2D eigenvalue weighted by Crippen LogP contribution is -2.16. The Morgan fingerprint density at radius 2 is 0.894 bits per heavy atom. The van der Waals surface area contributed by atoms with Crippen LogP contribution in [0.3, 0.4) is 0 Å². The molecule has 0 fully saturated rings. The van der Waals surface area contributed by atoms with Crippen LogP contribution in [0.1, 0.15) is 0 Å². The molecule has 3 heterocycles. The van der Waals surface area contributed by atoms with E-state index in [1.165, 1.54) is 36.4 Å². The first-order valence-corrected chi connectivity index (χ1v) is 15.1. The Morgan fingerprint density at radius 1 is 0.553 bits per heavy atom. The number of nitro benzene ring substituents is 2. The molecule has 0 amide bonds. The van der Waals surface area contributed by atoms with Crippen molar-refractivity contribution < 1.29 is 45.7 Å². The fourth-order valence-electron chi connectivity index (χ4n) is 4.70. The first kappa shape index (κ1) is 31.8. The summed E-state index contributed by atoms with van der Waals surface area (Å²) in [5.41, 5.74) is -1.02. The first-order valence-electron chi connectivity index (χ1n) is 12.7. The van der Waals surface area contributed by atoms with Crippen LogP contribution >= 0.6 is 22.7 Å². The minimum atomic E-state index is -4.88. The van der Waals surface area contributed by atoms with Crippen molar-refractivity contribution in [3.63, 3.8) is 0 Å². The van der Waals surface area contributed by atoms with E-state index in [1.807, 2.05) is 0 Å². The summed E-state index contributed by atoms with van der Waals surface area (Å²) in [5, 5.41) is 25.0. The molecule has 0 spiro atoms. The zero-order valence-electron chi connectivity index (χ0n) is 22.7. The molecular formula is C28H12F6N4O6S3. The SMILES string of the molecule is O=[N+]([O-])c1c(-c2ccc(-c3ccc(OC(F)(F)F)cc3)s2)c2c(c(-c3ccc(-c4ccc(OC(F)(F)F)cc4)s3)c1[N+](=O)[O-])N=S=N2. The standard InChI is InChI=1S/C28H12F6N4O6S3/c29-27(30,31)43-15-5-1-13(2-6-15)17-9-11-19(45-17)21-23-24(36-47-35-23)22(26(38(41)42)25(21)37(39)40)20-12-10-18(46-20)14-3-7-16(8-4-14)44-28(32,33)34/h1-12H. The molecule has 0 unspecified atom stereocenters. The molecule has 10 nitrogen and oxygen atoms in total. The van der Waals surface area contributed by atoms with Crippen LogP contribution in [-0.2, 0) is 11.4 Å². The molecule has 0 bridgehead atoms. The first-order chi connectivity index (χ1) is 22.2. The quantitative estimate of drug-likeness (QED) is 0.0878. The third-order valence-corrected chi connectivity index (χ3v) is 9.31. The Labute approximate surface area is 269 Å². The molecule has 0 N–H and O–H groups in total. The maximum Gasteiger partial charge on any atom is 0.573 e. The Hall–Kier alpha value is -5.14. The van der Waals surface area contributed by atoms with Crippen LogP contribution < -0.4 is 9.47 Å². The highest BCUT2D eigenvalue weighted by molar-refractivity contribution is 7.58. The van der Waals surface area contributed by atoms with Crippen molar-refractivity contribution in [3.8, 4) is 53.3 Å². The molecule has 0 radical (unpaired) electrons. The second-order valence-corrected chi connectivity index (χ2v) is 12.1. The predicted octanol–water partition coefficient (Wildman–Crippen LogP) is 10.8. The Balaban J connectivity index is 1.43. The zero-order chi connectivity index (χ0) is 33.7. The smallest absolute Gasteiger partial charge is 0.406 e. The maximum atomic E-state index is 12.6. The Kier molecular flexibility index (Phi) is 8.06. The van der Waals surface area contributed by atoms with Crippen LogP contribution in [0, 0.1) is 20.2 Å². The lowest BCUT2D eigenvalue weighted by atomic mass is 9.98. The molecule has 19 heteroatoms. The third-order valence-electron chi connectivity index (χ3n) is 6.47. The molecule has 0 saturated carbocycles.